The molecule has 174 valence electrons. The molecule has 3 heteroatoms. The number of carbonyl (C=O) groups is 1. The first-order valence-corrected chi connectivity index (χ1v) is 12.6. The summed E-state index contributed by atoms with van der Waals surface area (Å²) in [7, 11) is 0. The van der Waals surface area contributed by atoms with Crippen molar-refractivity contribution < 1.29 is 15.0 Å². The van der Waals surface area contributed by atoms with Crippen LogP contribution >= 0.6 is 0 Å². The maximum atomic E-state index is 10.8. The van der Waals surface area contributed by atoms with Gasteiger partial charge in [-0.15, -0.1) is 0 Å². The summed E-state index contributed by atoms with van der Waals surface area (Å²) in [5.41, 5.74) is 0.996. The molecule has 0 aliphatic rings. The van der Waals surface area contributed by atoms with Crippen LogP contribution in [-0.2, 0) is 6.42 Å². The summed E-state index contributed by atoms with van der Waals surface area (Å²) in [5, 5.41) is 18.1. The molecule has 3 nitrogen and oxygen atoms in total. The van der Waals surface area contributed by atoms with Crippen molar-refractivity contribution in [3.63, 3.8) is 0 Å². The van der Waals surface area contributed by atoms with Crippen molar-refractivity contribution in [2.75, 3.05) is 0 Å². The van der Waals surface area contributed by atoms with Gasteiger partial charge in [0.05, 0.1) is 5.56 Å². The van der Waals surface area contributed by atoms with Crippen molar-refractivity contribution >= 4 is 5.97 Å². The van der Waals surface area contributed by atoms with Crippen LogP contribution in [0.4, 0.5) is 0 Å². The smallest absolute Gasteiger partial charge is 0.335 e. The number of hydrogen-bond acceptors (Lipinski definition) is 2. The summed E-state index contributed by atoms with van der Waals surface area (Å²) in [4.78, 5) is 10.8. The van der Waals surface area contributed by atoms with E-state index in [0.717, 1.165) is 12.8 Å². The molecule has 0 fully saturated rings. The molecule has 2 N–H and O–H groups in total. The minimum absolute atomic E-state index is 0.126. The van der Waals surface area contributed by atoms with Gasteiger partial charge in [0.1, 0.15) is 5.75 Å². The van der Waals surface area contributed by atoms with Crippen LogP contribution < -0.4 is 0 Å². The molecule has 0 radical (unpaired) electrons. The average Bonchev–Trinajstić information content (AvgIpc) is 2.73. The van der Waals surface area contributed by atoms with Crippen molar-refractivity contribution in [2.45, 2.75) is 130 Å². The van der Waals surface area contributed by atoms with Crippen LogP contribution in [0.5, 0.6) is 5.75 Å². The summed E-state index contributed by atoms with van der Waals surface area (Å²) in [6.45, 7) is 6.63. The lowest BCUT2D eigenvalue weighted by Crippen LogP contribution is -2.02. The van der Waals surface area contributed by atoms with Gasteiger partial charge in [0, 0.05) is 0 Å². The minimum atomic E-state index is -0.934. The standard InChI is InChI=1S/C16H34.C11H14O3/c1-3-5-7-9-11-13-15-16-14-12-10-8-6-4-2;1-2-3-4-8-7-9(12)5-6-10(8)11(13)14/h3-16H2,1-2H3;5-7,12H,2-4H2,1H3,(H,13,14). The number of aromatic hydroxyl groups is 1. The third-order valence-electron chi connectivity index (χ3n) is 5.58. The molecule has 0 aromatic heterocycles. The topological polar surface area (TPSA) is 57.5 Å². The van der Waals surface area contributed by atoms with Gasteiger partial charge in [-0.1, -0.05) is 117 Å². The normalized spacial score (nSPS) is 10.5. The van der Waals surface area contributed by atoms with Crippen molar-refractivity contribution in [3.05, 3.63) is 29.3 Å². The van der Waals surface area contributed by atoms with Crippen LogP contribution in [0, 0.1) is 0 Å². The summed E-state index contributed by atoms with van der Waals surface area (Å²) in [5.74, 6) is -0.808. The molecule has 0 atom stereocenters. The number of hydrogen-bond donors (Lipinski definition) is 2. The Morgan fingerprint density at radius 2 is 1.07 bits per heavy atom. The molecule has 0 saturated carbocycles. The van der Waals surface area contributed by atoms with Gasteiger partial charge >= 0.3 is 5.97 Å². The molecule has 0 aliphatic heterocycles. The van der Waals surface area contributed by atoms with E-state index in [9.17, 15) is 9.90 Å². The average molecular weight is 421 g/mol. The molecule has 0 aliphatic carbocycles. The SMILES string of the molecule is CCCCCCCCCCCCCCCC.CCCCc1cc(O)ccc1C(=O)O. The number of carboxylic acids is 1. The van der Waals surface area contributed by atoms with Crippen LogP contribution in [0.2, 0.25) is 0 Å². The van der Waals surface area contributed by atoms with Gasteiger partial charge in [-0.2, -0.15) is 0 Å². The highest BCUT2D eigenvalue weighted by Crippen LogP contribution is 2.18. The molecule has 0 amide bonds. The lowest BCUT2D eigenvalue weighted by atomic mass is 10.0. The van der Waals surface area contributed by atoms with E-state index in [1.807, 2.05) is 6.92 Å². The predicted octanol–water partition coefficient (Wildman–Crippen LogP) is 8.92. The molecule has 0 heterocycles. The Bertz CT molecular complexity index is 511. The molecule has 0 spiro atoms. The highest BCUT2D eigenvalue weighted by atomic mass is 16.4. The van der Waals surface area contributed by atoms with Crippen molar-refractivity contribution in [3.8, 4) is 5.75 Å². The number of phenols is 1. The fourth-order valence-corrected chi connectivity index (χ4v) is 3.63. The maximum Gasteiger partial charge on any atom is 0.335 e. The Morgan fingerprint density at radius 3 is 1.43 bits per heavy atom. The van der Waals surface area contributed by atoms with E-state index in [4.69, 9.17) is 5.11 Å². The van der Waals surface area contributed by atoms with E-state index in [1.54, 1.807) is 0 Å². The maximum absolute atomic E-state index is 10.8. The first kappa shape index (κ1) is 28.5. The van der Waals surface area contributed by atoms with Gasteiger partial charge in [0.25, 0.3) is 0 Å². The number of aromatic carboxylic acids is 1. The van der Waals surface area contributed by atoms with E-state index in [1.165, 1.54) is 108 Å². The molecule has 1 rings (SSSR count). The Morgan fingerprint density at radius 1 is 0.667 bits per heavy atom. The number of unbranched alkanes of at least 4 members (excludes halogenated alkanes) is 14. The molecular formula is C27H48O3. The first-order chi connectivity index (χ1) is 14.6. The van der Waals surface area contributed by atoms with Gasteiger partial charge in [0.15, 0.2) is 0 Å². The van der Waals surface area contributed by atoms with Crippen LogP contribution in [0.15, 0.2) is 18.2 Å². The summed E-state index contributed by atoms with van der Waals surface area (Å²) in [6, 6.07) is 4.38. The third-order valence-corrected chi connectivity index (χ3v) is 5.58. The minimum Gasteiger partial charge on any atom is -0.508 e. The van der Waals surface area contributed by atoms with Gasteiger partial charge in [-0.25, -0.2) is 4.79 Å². The third kappa shape index (κ3) is 16.3. The van der Waals surface area contributed by atoms with Crippen molar-refractivity contribution in [1.82, 2.24) is 0 Å². The van der Waals surface area contributed by atoms with E-state index >= 15 is 0 Å². The zero-order valence-electron chi connectivity index (χ0n) is 20.1. The Balaban J connectivity index is 0.000000564. The summed E-state index contributed by atoms with van der Waals surface area (Å²) >= 11 is 0. The molecule has 1 aromatic rings. The summed E-state index contributed by atoms with van der Waals surface area (Å²) in [6.07, 6.45) is 23.1. The Kier molecular flexibility index (Phi) is 19.7. The van der Waals surface area contributed by atoms with Gasteiger partial charge in [0.2, 0.25) is 0 Å². The number of benzene rings is 1. The Labute approximate surface area is 186 Å². The van der Waals surface area contributed by atoms with Gasteiger partial charge in [-0.05, 0) is 36.6 Å². The molecule has 0 saturated heterocycles. The molecule has 0 bridgehead atoms. The number of phenolic OH excluding ortho intramolecular Hbond substituents is 1. The lowest BCUT2D eigenvalue weighted by Gasteiger charge is -2.05. The van der Waals surface area contributed by atoms with Crippen molar-refractivity contribution in [2.24, 2.45) is 0 Å². The van der Waals surface area contributed by atoms with Crippen LogP contribution in [0.3, 0.4) is 0 Å². The first-order valence-electron chi connectivity index (χ1n) is 12.6. The molecule has 30 heavy (non-hydrogen) atoms. The number of carboxylic acid groups (broad SMARTS) is 1. The van der Waals surface area contributed by atoms with Crippen molar-refractivity contribution in [1.29, 1.82) is 0 Å². The fraction of sp³-hybridized carbons (Fsp3) is 0.741. The Hall–Kier alpha value is -1.51. The van der Waals surface area contributed by atoms with E-state index in [2.05, 4.69) is 13.8 Å². The zero-order chi connectivity index (χ0) is 22.5. The second-order valence-electron chi connectivity index (χ2n) is 8.49. The van der Waals surface area contributed by atoms with Crippen LogP contribution in [0.1, 0.15) is 139 Å². The highest BCUT2D eigenvalue weighted by molar-refractivity contribution is 5.89. The van der Waals surface area contributed by atoms with Gasteiger partial charge < -0.3 is 10.2 Å². The zero-order valence-corrected chi connectivity index (χ0v) is 20.1. The van der Waals surface area contributed by atoms with E-state index < -0.39 is 5.97 Å². The molecular weight excluding hydrogens is 372 g/mol. The number of rotatable bonds is 17. The van der Waals surface area contributed by atoms with Gasteiger partial charge in [-0.3, -0.25) is 0 Å². The highest BCUT2D eigenvalue weighted by Gasteiger charge is 2.09. The number of aryl methyl sites for hydroxylation is 1. The lowest BCUT2D eigenvalue weighted by molar-refractivity contribution is 0.0695. The predicted molar refractivity (Wildman–Crippen MR) is 130 cm³/mol. The fourth-order valence-electron chi connectivity index (χ4n) is 3.63. The van der Waals surface area contributed by atoms with Crippen LogP contribution in [-0.4, -0.2) is 16.2 Å². The van der Waals surface area contributed by atoms with E-state index in [0.29, 0.717) is 12.0 Å². The van der Waals surface area contributed by atoms with Crippen LogP contribution in [0.25, 0.3) is 0 Å². The second-order valence-corrected chi connectivity index (χ2v) is 8.49. The second kappa shape index (κ2) is 20.8. The molecule has 0 unspecified atom stereocenters. The van der Waals surface area contributed by atoms with E-state index in [-0.39, 0.29) is 11.3 Å². The summed E-state index contributed by atoms with van der Waals surface area (Å²) < 4.78 is 0. The molecule has 1 aromatic carbocycles. The quantitative estimate of drug-likeness (QED) is 0.247. The monoisotopic (exact) mass is 420 g/mol. The largest absolute Gasteiger partial charge is 0.508 e.